The van der Waals surface area contributed by atoms with Gasteiger partial charge in [-0.3, -0.25) is 9.69 Å². The summed E-state index contributed by atoms with van der Waals surface area (Å²) >= 11 is 1.45. The van der Waals surface area contributed by atoms with Crippen LogP contribution in [-0.2, 0) is 14.3 Å². The smallest absolute Gasteiger partial charge is 0.343 e. The maximum atomic E-state index is 12.5. The first-order chi connectivity index (χ1) is 9.69. The van der Waals surface area contributed by atoms with Gasteiger partial charge in [-0.25, -0.2) is 4.79 Å². The van der Waals surface area contributed by atoms with Crippen LogP contribution in [0.2, 0.25) is 0 Å². The molecule has 0 saturated carbocycles. The molecular weight excluding hydrogens is 274 g/mol. The number of unbranched alkanes of at least 4 members (excludes halogenated alkanes) is 1. The summed E-state index contributed by atoms with van der Waals surface area (Å²) in [4.78, 5) is 26.4. The maximum absolute atomic E-state index is 12.5. The van der Waals surface area contributed by atoms with E-state index >= 15 is 0 Å². The molecule has 0 spiro atoms. The number of nitrogens with zero attached hydrogens (tertiary/aromatic N) is 1. The molecule has 2 aliphatic rings. The molecule has 0 aromatic heterocycles. The Morgan fingerprint density at radius 1 is 1.45 bits per heavy atom. The average molecular weight is 291 g/mol. The van der Waals surface area contributed by atoms with Crippen LogP contribution >= 0.6 is 11.8 Å². The Labute approximate surface area is 122 Å². The number of para-hydroxylation sites is 1. The first-order valence-corrected chi connectivity index (χ1v) is 7.79. The normalized spacial score (nSPS) is 23.6. The first-order valence-electron chi connectivity index (χ1n) is 6.97. The van der Waals surface area contributed by atoms with Crippen molar-refractivity contribution in [1.82, 2.24) is 0 Å². The lowest BCUT2D eigenvalue weighted by Crippen LogP contribution is -2.47. The van der Waals surface area contributed by atoms with E-state index in [0.717, 1.165) is 23.4 Å². The van der Waals surface area contributed by atoms with Crippen LogP contribution in [-0.4, -0.2) is 23.4 Å². The molecule has 4 nitrogen and oxygen atoms in total. The monoisotopic (exact) mass is 291 g/mol. The number of anilines is 1. The summed E-state index contributed by atoms with van der Waals surface area (Å²) in [5.41, 5.74) is 0.840. The number of thioether (sulfide) groups is 1. The van der Waals surface area contributed by atoms with Crippen molar-refractivity contribution in [2.75, 3.05) is 11.5 Å². The number of fused-ring (bicyclic) bond motifs is 3. The molecule has 1 unspecified atom stereocenters. The molecule has 1 atom stereocenters. The van der Waals surface area contributed by atoms with Crippen LogP contribution in [0.4, 0.5) is 5.69 Å². The Balaban J connectivity index is 1.89. The second-order valence-corrected chi connectivity index (χ2v) is 6.39. The lowest BCUT2D eigenvalue weighted by atomic mass is 10.2. The van der Waals surface area contributed by atoms with Gasteiger partial charge in [-0.1, -0.05) is 37.2 Å². The topological polar surface area (TPSA) is 46.6 Å². The number of carbonyl (C=O) groups is 2. The van der Waals surface area contributed by atoms with Crippen molar-refractivity contribution in [1.29, 1.82) is 0 Å². The van der Waals surface area contributed by atoms with Gasteiger partial charge in [0, 0.05) is 17.7 Å². The van der Waals surface area contributed by atoms with Crippen molar-refractivity contribution in [3.63, 3.8) is 0 Å². The number of benzene rings is 1. The van der Waals surface area contributed by atoms with E-state index in [4.69, 9.17) is 4.74 Å². The second-order valence-electron chi connectivity index (χ2n) is 5.07. The summed E-state index contributed by atoms with van der Waals surface area (Å²) in [6, 6.07) is 7.66. The highest BCUT2D eigenvalue weighted by atomic mass is 32.2. The van der Waals surface area contributed by atoms with Gasteiger partial charge in [-0.05, 0) is 18.6 Å². The summed E-state index contributed by atoms with van der Waals surface area (Å²) in [6.07, 6.45) is 2.77. The maximum Gasteiger partial charge on any atom is 0.343 e. The quantitative estimate of drug-likeness (QED) is 0.632. The van der Waals surface area contributed by atoms with Gasteiger partial charge in [0.15, 0.2) is 4.87 Å². The first kappa shape index (κ1) is 13.5. The number of hydrogen-bond acceptors (Lipinski definition) is 4. The van der Waals surface area contributed by atoms with Crippen LogP contribution in [0.15, 0.2) is 29.2 Å². The fourth-order valence-electron chi connectivity index (χ4n) is 2.69. The highest BCUT2D eigenvalue weighted by molar-refractivity contribution is 8.02. The van der Waals surface area contributed by atoms with Crippen LogP contribution < -0.4 is 4.90 Å². The summed E-state index contributed by atoms with van der Waals surface area (Å²) in [5.74, 6) is -0.270. The van der Waals surface area contributed by atoms with Crippen molar-refractivity contribution in [2.45, 2.75) is 42.4 Å². The molecule has 1 aromatic rings. The van der Waals surface area contributed by atoms with Crippen LogP contribution in [0.1, 0.15) is 32.6 Å². The van der Waals surface area contributed by atoms with Crippen LogP contribution in [0.5, 0.6) is 0 Å². The SMILES string of the molecule is CCCCOC(=O)C12CCC(=O)N1c1ccccc1S2. The summed E-state index contributed by atoms with van der Waals surface area (Å²) in [6.45, 7) is 2.48. The van der Waals surface area contributed by atoms with Gasteiger partial charge in [0.2, 0.25) is 5.91 Å². The van der Waals surface area contributed by atoms with E-state index < -0.39 is 4.87 Å². The second kappa shape index (κ2) is 5.13. The van der Waals surface area contributed by atoms with Crippen molar-refractivity contribution in [3.8, 4) is 0 Å². The largest absolute Gasteiger partial charge is 0.463 e. The zero-order valence-corrected chi connectivity index (χ0v) is 12.2. The lowest BCUT2D eigenvalue weighted by Gasteiger charge is -2.28. The Morgan fingerprint density at radius 2 is 2.25 bits per heavy atom. The Hall–Kier alpha value is -1.49. The molecule has 20 heavy (non-hydrogen) atoms. The third-order valence-corrected chi connectivity index (χ3v) is 5.18. The Bertz CT molecular complexity index is 560. The number of esters is 1. The lowest BCUT2D eigenvalue weighted by molar-refractivity contribution is -0.146. The van der Waals surface area contributed by atoms with E-state index in [-0.39, 0.29) is 11.9 Å². The minimum absolute atomic E-state index is 0.00916. The zero-order valence-electron chi connectivity index (χ0n) is 11.4. The van der Waals surface area contributed by atoms with E-state index in [1.54, 1.807) is 4.90 Å². The molecule has 1 amide bonds. The van der Waals surface area contributed by atoms with Gasteiger partial charge in [0.05, 0.1) is 12.3 Å². The van der Waals surface area contributed by atoms with E-state index in [1.165, 1.54) is 11.8 Å². The fourth-order valence-corrected chi connectivity index (χ4v) is 4.11. The average Bonchev–Trinajstić information content (AvgIpc) is 2.95. The summed E-state index contributed by atoms with van der Waals surface area (Å²) < 4.78 is 5.40. The molecule has 106 valence electrons. The molecule has 1 fully saturated rings. The molecule has 0 N–H and O–H groups in total. The molecule has 1 aromatic carbocycles. The molecule has 1 saturated heterocycles. The standard InChI is InChI=1S/C15H17NO3S/c1-2-3-10-19-14(18)15-9-8-13(17)16(15)11-6-4-5-7-12(11)20-15/h4-7H,2-3,8-10H2,1H3. The predicted molar refractivity (Wildman–Crippen MR) is 77.6 cm³/mol. The van der Waals surface area contributed by atoms with Crippen molar-refractivity contribution in [3.05, 3.63) is 24.3 Å². The molecule has 0 aliphatic carbocycles. The summed E-state index contributed by atoms with van der Waals surface area (Å²) in [7, 11) is 0. The van der Waals surface area contributed by atoms with Crippen molar-refractivity contribution < 1.29 is 14.3 Å². The minimum atomic E-state index is -0.867. The zero-order chi connectivity index (χ0) is 14.2. The number of carbonyl (C=O) groups excluding carboxylic acids is 2. The van der Waals surface area contributed by atoms with Gasteiger partial charge in [0.25, 0.3) is 0 Å². The minimum Gasteiger partial charge on any atom is -0.463 e. The van der Waals surface area contributed by atoms with Gasteiger partial charge >= 0.3 is 5.97 Å². The highest BCUT2D eigenvalue weighted by Crippen LogP contribution is 2.56. The molecule has 0 radical (unpaired) electrons. The molecule has 3 rings (SSSR count). The summed E-state index contributed by atoms with van der Waals surface area (Å²) in [5, 5.41) is 0. The van der Waals surface area contributed by atoms with E-state index in [2.05, 4.69) is 6.92 Å². The van der Waals surface area contributed by atoms with E-state index in [0.29, 0.717) is 19.4 Å². The van der Waals surface area contributed by atoms with Gasteiger partial charge < -0.3 is 4.74 Å². The van der Waals surface area contributed by atoms with E-state index in [9.17, 15) is 9.59 Å². The third-order valence-electron chi connectivity index (χ3n) is 3.72. The predicted octanol–water partition coefficient (Wildman–Crippen LogP) is 2.96. The van der Waals surface area contributed by atoms with Gasteiger partial charge in [0.1, 0.15) is 0 Å². The van der Waals surface area contributed by atoms with Crippen LogP contribution in [0, 0.1) is 0 Å². The Kier molecular flexibility index (Phi) is 3.46. The Morgan fingerprint density at radius 3 is 3.05 bits per heavy atom. The van der Waals surface area contributed by atoms with Crippen molar-refractivity contribution in [2.24, 2.45) is 0 Å². The molecule has 2 heterocycles. The van der Waals surface area contributed by atoms with Crippen LogP contribution in [0.3, 0.4) is 0 Å². The van der Waals surface area contributed by atoms with Crippen molar-refractivity contribution >= 4 is 29.3 Å². The molecule has 5 heteroatoms. The third kappa shape index (κ3) is 1.92. The number of ether oxygens (including phenoxy) is 1. The fraction of sp³-hybridized carbons (Fsp3) is 0.467. The van der Waals surface area contributed by atoms with Crippen LogP contribution in [0.25, 0.3) is 0 Å². The molecule has 2 aliphatic heterocycles. The van der Waals surface area contributed by atoms with Gasteiger partial charge in [-0.15, -0.1) is 0 Å². The van der Waals surface area contributed by atoms with Gasteiger partial charge in [-0.2, -0.15) is 0 Å². The number of rotatable bonds is 4. The number of hydrogen-bond donors (Lipinski definition) is 0. The molecule has 0 bridgehead atoms. The van der Waals surface area contributed by atoms with E-state index in [1.807, 2.05) is 24.3 Å². The molecular formula is C15H17NO3S. The number of amides is 1. The highest BCUT2D eigenvalue weighted by Gasteiger charge is 2.58.